The molecular formula is C21H22N4O2. The molecule has 0 bridgehead atoms. The molecule has 0 unspecified atom stereocenters. The standard InChI is InChI=1S/C21H22N4O2/c1-14-8-9-19(15(2)12-14)21(27)24-18-7-4-6-17(13-18)23-20(26)16(3)25-11-5-10-22-25/h4-13,16H,1-3H3,(H,23,26)(H,24,27)/t16-/m0/s1. The summed E-state index contributed by atoms with van der Waals surface area (Å²) in [5.74, 6) is -0.363. The Morgan fingerprint density at radius 3 is 2.41 bits per heavy atom. The summed E-state index contributed by atoms with van der Waals surface area (Å²) in [5, 5.41) is 9.81. The normalized spacial score (nSPS) is 11.7. The van der Waals surface area contributed by atoms with Gasteiger partial charge in [0, 0.05) is 29.3 Å². The molecule has 2 amide bonds. The highest BCUT2D eigenvalue weighted by Gasteiger charge is 2.15. The summed E-state index contributed by atoms with van der Waals surface area (Å²) in [4.78, 5) is 24.9. The molecule has 3 aromatic rings. The van der Waals surface area contributed by atoms with Crippen LogP contribution in [-0.2, 0) is 4.79 Å². The van der Waals surface area contributed by atoms with Crippen LogP contribution in [0.4, 0.5) is 11.4 Å². The molecule has 0 aliphatic rings. The fraction of sp³-hybridized carbons (Fsp3) is 0.190. The summed E-state index contributed by atoms with van der Waals surface area (Å²) in [7, 11) is 0. The van der Waals surface area contributed by atoms with Gasteiger partial charge in [-0.15, -0.1) is 0 Å². The molecule has 0 saturated heterocycles. The first-order valence-electron chi connectivity index (χ1n) is 8.72. The predicted molar refractivity (Wildman–Crippen MR) is 106 cm³/mol. The molecular weight excluding hydrogens is 340 g/mol. The SMILES string of the molecule is Cc1ccc(C(=O)Nc2cccc(NC(=O)[C@H](C)n3cccn3)c2)c(C)c1. The number of amides is 2. The number of hydrogen-bond donors (Lipinski definition) is 2. The molecule has 0 saturated carbocycles. The number of carbonyl (C=O) groups is 2. The monoisotopic (exact) mass is 362 g/mol. The van der Waals surface area contributed by atoms with E-state index >= 15 is 0 Å². The van der Waals surface area contributed by atoms with Gasteiger partial charge < -0.3 is 10.6 Å². The number of rotatable bonds is 5. The Bertz CT molecular complexity index is 964. The van der Waals surface area contributed by atoms with Crippen LogP contribution in [0.5, 0.6) is 0 Å². The lowest BCUT2D eigenvalue weighted by Crippen LogP contribution is -2.24. The van der Waals surface area contributed by atoms with Gasteiger partial charge in [0.25, 0.3) is 5.91 Å². The summed E-state index contributed by atoms with van der Waals surface area (Å²) in [5.41, 5.74) is 3.88. The van der Waals surface area contributed by atoms with Crippen molar-refractivity contribution in [3.05, 3.63) is 77.6 Å². The Morgan fingerprint density at radius 1 is 1.00 bits per heavy atom. The van der Waals surface area contributed by atoms with Crippen LogP contribution >= 0.6 is 0 Å². The number of nitrogens with zero attached hydrogens (tertiary/aromatic N) is 2. The zero-order valence-electron chi connectivity index (χ0n) is 15.6. The van der Waals surface area contributed by atoms with Gasteiger partial charge in [-0.3, -0.25) is 14.3 Å². The third-order valence-corrected chi connectivity index (χ3v) is 4.32. The van der Waals surface area contributed by atoms with Crippen LogP contribution in [0.3, 0.4) is 0 Å². The van der Waals surface area contributed by atoms with E-state index in [1.807, 2.05) is 32.0 Å². The van der Waals surface area contributed by atoms with E-state index in [1.54, 1.807) is 54.3 Å². The summed E-state index contributed by atoms with van der Waals surface area (Å²) >= 11 is 0. The number of hydrogen-bond acceptors (Lipinski definition) is 3. The van der Waals surface area contributed by atoms with Crippen LogP contribution in [0.25, 0.3) is 0 Å². The number of aromatic nitrogens is 2. The van der Waals surface area contributed by atoms with Crippen molar-refractivity contribution in [2.45, 2.75) is 26.8 Å². The molecule has 6 nitrogen and oxygen atoms in total. The number of benzene rings is 2. The summed E-state index contributed by atoms with van der Waals surface area (Å²) in [6.45, 7) is 5.68. The van der Waals surface area contributed by atoms with E-state index in [4.69, 9.17) is 0 Å². The van der Waals surface area contributed by atoms with Gasteiger partial charge in [0.05, 0.1) is 0 Å². The zero-order valence-corrected chi connectivity index (χ0v) is 15.6. The van der Waals surface area contributed by atoms with E-state index < -0.39 is 6.04 Å². The molecule has 1 heterocycles. The average Bonchev–Trinajstić information content (AvgIpc) is 3.15. The molecule has 2 aromatic carbocycles. The molecule has 0 aliphatic carbocycles. The van der Waals surface area contributed by atoms with E-state index in [-0.39, 0.29) is 11.8 Å². The first-order chi connectivity index (χ1) is 12.9. The average molecular weight is 362 g/mol. The van der Waals surface area contributed by atoms with Crippen LogP contribution in [0.15, 0.2) is 60.9 Å². The number of carbonyl (C=O) groups excluding carboxylic acids is 2. The van der Waals surface area contributed by atoms with E-state index in [1.165, 1.54) is 0 Å². The third-order valence-electron chi connectivity index (χ3n) is 4.32. The van der Waals surface area contributed by atoms with Crippen LogP contribution in [0.2, 0.25) is 0 Å². The van der Waals surface area contributed by atoms with Crippen molar-refractivity contribution in [3.8, 4) is 0 Å². The Labute approximate surface area is 158 Å². The first-order valence-corrected chi connectivity index (χ1v) is 8.72. The maximum atomic E-state index is 12.5. The van der Waals surface area contributed by atoms with Crippen molar-refractivity contribution in [1.82, 2.24) is 9.78 Å². The molecule has 0 fully saturated rings. The zero-order chi connectivity index (χ0) is 19.4. The quantitative estimate of drug-likeness (QED) is 0.721. The van der Waals surface area contributed by atoms with Crippen molar-refractivity contribution in [2.75, 3.05) is 10.6 Å². The molecule has 1 aromatic heterocycles. The van der Waals surface area contributed by atoms with Gasteiger partial charge in [0.1, 0.15) is 6.04 Å². The number of aryl methyl sites for hydroxylation is 2. The van der Waals surface area contributed by atoms with Crippen molar-refractivity contribution >= 4 is 23.2 Å². The molecule has 1 atom stereocenters. The van der Waals surface area contributed by atoms with Crippen LogP contribution in [0.1, 0.15) is 34.5 Å². The largest absolute Gasteiger partial charge is 0.324 e. The topological polar surface area (TPSA) is 76.0 Å². The number of anilines is 2. The Balaban J connectivity index is 1.70. The molecule has 0 radical (unpaired) electrons. The van der Waals surface area contributed by atoms with Gasteiger partial charge in [0.15, 0.2) is 0 Å². The second kappa shape index (κ2) is 7.86. The Hall–Kier alpha value is -3.41. The highest BCUT2D eigenvalue weighted by atomic mass is 16.2. The second-order valence-electron chi connectivity index (χ2n) is 6.50. The van der Waals surface area contributed by atoms with Crippen LogP contribution in [0, 0.1) is 13.8 Å². The minimum absolute atomic E-state index is 0.180. The van der Waals surface area contributed by atoms with Gasteiger partial charge in [-0.1, -0.05) is 23.8 Å². The highest BCUT2D eigenvalue weighted by Crippen LogP contribution is 2.19. The minimum Gasteiger partial charge on any atom is -0.324 e. The van der Waals surface area contributed by atoms with Crippen molar-refractivity contribution in [1.29, 1.82) is 0 Å². The molecule has 0 aliphatic heterocycles. The lowest BCUT2D eigenvalue weighted by atomic mass is 10.1. The first kappa shape index (κ1) is 18.4. The van der Waals surface area contributed by atoms with Crippen molar-refractivity contribution in [2.24, 2.45) is 0 Å². The van der Waals surface area contributed by atoms with Crippen LogP contribution < -0.4 is 10.6 Å². The van der Waals surface area contributed by atoms with Gasteiger partial charge in [-0.25, -0.2) is 0 Å². The van der Waals surface area contributed by atoms with Gasteiger partial charge in [0.2, 0.25) is 5.91 Å². The van der Waals surface area contributed by atoms with E-state index in [0.29, 0.717) is 16.9 Å². The van der Waals surface area contributed by atoms with Crippen LogP contribution in [-0.4, -0.2) is 21.6 Å². The summed E-state index contributed by atoms with van der Waals surface area (Å²) in [6.07, 6.45) is 3.37. The fourth-order valence-corrected chi connectivity index (χ4v) is 2.82. The van der Waals surface area contributed by atoms with Crippen molar-refractivity contribution in [3.63, 3.8) is 0 Å². The van der Waals surface area contributed by atoms with Gasteiger partial charge >= 0.3 is 0 Å². The molecule has 3 rings (SSSR count). The molecule has 6 heteroatoms. The molecule has 27 heavy (non-hydrogen) atoms. The highest BCUT2D eigenvalue weighted by molar-refractivity contribution is 6.05. The summed E-state index contributed by atoms with van der Waals surface area (Å²) in [6, 6.07) is 14.1. The maximum absolute atomic E-state index is 12.5. The maximum Gasteiger partial charge on any atom is 0.255 e. The Kier molecular flexibility index (Phi) is 5.35. The van der Waals surface area contributed by atoms with E-state index in [2.05, 4.69) is 15.7 Å². The van der Waals surface area contributed by atoms with E-state index in [9.17, 15) is 9.59 Å². The molecule has 2 N–H and O–H groups in total. The second-order valence-corrected chi connectivity index (χ2v) is 6.50. The number of nitrogens with one attached hydrogen (secondary N) is 2. The smallest absolute Gasteiger partial charge is 0.255 e. The Morgan fingerprint density at radius 2 is 1.74 bits per heavy atom. The van der Waals surface area contributed by atoms with Gasteiger partial charge in [-0.2, -0.15) is 5.10 Å². The lowest BCUT2D eigenvalue weighted by Gasteiger charge is -2.14. The van der Waals surface area contributed by atoms with E-state index in [0.717, 1.165) is 11.1 Å². The third kappa shape index (κ3) is 4.41. The van der Waals surface area contributed by atoms with Crippen molar-refractivity contribution < 1.29 is 9.59 Å². The molecule has 138 valence electrons. The predicted octanol–water partition coefficient (Wildman–Crippen LogP) is 3.95. The molecule has 0 spiro atoms. The fourth-order valence-electron chi connectivity index (χ4n) is 2.82. The summed E-state index contributed by atoms with van der Waals surface area (Å²) < 4.78 is 1.58. The van der Waals surface area contributed by atoms with Gasteiger partial charge in [-0.05, 0) is 56.7 Å². The lowest BCUT2D eigenvalue weighted by molar-refractivity contribution is -0.119. The minimum atomic E-state index is -0.437.